The van der Waals surface area contributed by atoms with Crippen LogP contribution < -0.4 is 15.9 Å². The van der Waals surface area contributed by atoms with Gasteiger partial charge in [0.1, 0.15) is 18.0 Å². The van der Waals surface area contributed by atoms with Crippen LogP contribution in [0.25, 0.3) is 10.9 Å². The monoisotopic (exact) mass is 451 g/mol. The molecule has 0 aliphatic heterocycles. The first-order valence-electron chi connectivity index (χ1n) is 9.80. The highest BCUT2D eigenvalue weighted by Crippen LogP contribution is 2.35. The molecule has 3 atom stereocenters. The summed E-state index contributed by atoms with van der Waals surface area (Å²) in [6.45, 7) is 0. The average Bonchev–Trinajstić information content (AvgIpc) is 2.77. The highest BCUT2D eigenvalue weighted by molar-refractivity contribution is 6.03. The fourth-order valence-corrected chi connectivity index (χ4v) is 3.63. The lowest BCUT2D eigenvalue weighted by Crippen LogP contribution is -2.27. The van der Waals surface area contributed by atoms with Crippen LogP contribution in [0.1, 0.15) is 41.4 Å². The quantitative estimate of drug-likeness (QED) is 0.590. The van der Waals surface area contributed by atoms with E-state index in [4.69, 9.17) is 5.73 Å². The number of fused-ring (bicyclic) bond motifs is 1. The van der Waals surface area contributed by atoms with E-state index in [1.807, 2.05) is 0 Å². The minimum Gasteiger partial charge on any atom is -0.494 e. The predicted octanol–water partition coefficient (Wildman–Crippen LogP) is 3.94. The molecule has 3 N–H and O–H groups in total. The van der Waals surface area contributed by atoms with Gasteiger partial charge in [-0.2, -0.15) is 4.39 Å². The topological polar surface area (TPSA) is 98.1 Å². The Kier molecular flexibility index (Phi) is 7.12. The van der Waals surface area contributed by atoms with Crippen LogP contribution in [0, 0.1) is 11.6 Å². The van der Waals surface area contributed by atoms with Crippen LogP contribution in [0.3, 0.4) is 0 Å². The number of nitrogens with zero attached hydrogens (tertiary/aromatic N) is 1. The summed E-state index contributed by atoms with van der Waals surface area (Å²) >= 11 is 0. The summed E-state index contributed by atoms with van der Waals surface area (Å²) in [5.74, 6) is -2.93. The predicted molar refractivity (Wildman–Crippen MR) is 110 cm³/mol. The number of nitrogens with two attached hydrogens (primary N) is 1. The summed E-state index contributed by atoms with van der Waals surface area (Å²) in [5.41, 5.74) is 5.69. The number of nitrogens with one attached hydrogen (secondary N) is 1. The van der Waals surface area contributed by atoms with Gasteiger partial charge in [0.05, 0.1) is 18.0 Å². The maximum atomic E-state index is 13.6. The minimum atomic E-state index is -1.52. The van der Waals surface area contributed by atoms with Gasteiger partial charge in [-0.25, -0.2) is 13.2 Å². The number of H-pyrrole nitrogens is 1. The Bertz CT molecular complexity index is 1180. The molecule has 0 radical (unpaired) electrons. The van der Waals surface area contributed by atoms with Gasteiger partial charge in [-0.05, 0) is 37.5 Å². The van der Waals surface area contributed by atoms with Crippen LogP contribution in [0.2, 0.25) is 0 Å². The number of carbonyl (C=O) groups is 1. The summed E-state index contributed by atoms with van der Waals surface area (Å²) in [6, 6.07) is 6.67. The third-order valence-electron chi connectivity index (χ3n) is 5.27. The first kappa shape index (κ1) is 23.2. The number of rotatable bonds is 3. The second kappa shape index (κ2) is 9.80. The summed E-state index contributed by atoms with van der Waals surface area (Å²) < 4.78 is 56.1. The molecule has 0 bridgehead atoms. The van der Waals surface area contributed by atoms with Gasteiger partial charge in [0.2, 0.25) is 5.82 Å². The van der Waals surface area contributed by atoms with E-state index in [1.54, 1.807) is 6.07 Å². The van der Waals surface area contributed by atoms with Crippen LogP contribution >= 0.6 is 0 Å². The Morgan fingerprint density at radius 3 is 2.56 bits per heavy atom. The molecule has 1 aliphatic rings. The number of methoxy groups -OCH3 is 1. The number of primary amides is 1. The molecule has 1 saturated carbocycles. The van der Waals surface area contributed by atoms with E-state index in [2.05, 4.69) is 14.7 Å². The van der Waals surface area contributed by atoms with Crippen LogP contribution in [0.5, 0.6) is 5.75 Å². The highest BCUT2D eigenvalue weighted by Gasteiger charge is 2.32. The third kappa shape index (κ3) is 4.90. The number of aromatic nitrogens is 2. The molecular weight excluding hydrogens is 430 g/mol. The third-order valence-corrected chi connectivity index (χ3v) is 5.27. The Morgan fingerprint density at radius 2 is 1.94 bits per heavy atom. The van der Waals surface area contributed by atoms with E-state index in [9.17, 15) is 27.2 Å². The van der Waals surface area contributed by atoms with E-state index < -0.39 is 35.3 Å². The van der Waals surface area contributed by atoms with Gasteiger partial charge in [0.15, 0.2) is 17.0 Å². The number of hydrogen-bond acceptors (Lipinski definition) is 4. The number of hydrogen-bond donors (Lipinski definition) is 2. The minimum absolute atomic E-state index is 0.0381. The molecule has 1 aromatic carbocycles. The molecule has 4 rings (SSSR count). The van der Waals surface area contributed by atoms with Gasteiger partial charge in [-0.15, -0.1) is 0 Å². The van der Waals surface area contributed by atoms with Crippen LogP contribution in [0.4, 0.5) is 17.6 Å². The number of ether oxygens (including phenoxy) is 1. The second-order valence-corrected chi connectivity index (χ2v) is 7.33. The van der Waals surface area contributed by atoms with Gasteiger partial charge in [-0.3, -0.25) is 14.6 Å². The lowest BCUT2D eigenvalue weighted by Gasteiger charge is -2.27. The van der Waals surface area contributed by atoms with Crippen LogP contribution in [-0.4, -0.2) is 35.3 Å². The first-order valence-corrected chi connectivity index (χ1v) is 9.80. The zero-order chi connectivity index (χ0) is 23.4. The zero-order valence-electron chi connectivity index (χ0n) is 17.1. The van der Waals surface area contributed by atoms with E-state index in [1.165, 1.54) is 31.5 Å². The molecule has 2 aromatic heterocycles. The SMILES string of the molecule is COc1cccc(F)c1F.NC(=O)c1nccc2[nH]c([C@H]3CC[C@@H](F)[C@H](F)C3)cc(=O)c12. The Morgan fingerprint density at radius 1 is 1.19 bits per heavy atom. The first-order chi connectivity index (χ1) is 15.2. The van der Waals surface area contributed by atoms with Gasteiger partial charge < -0.3 is 15.5 Å². The fraction of sp³-hybridized carbons (Fsp3) is 0.318. The summed E-state index contributed by atoms with van der Waals surface area (Å²) in [5, 5.41) is 0.120. The fourth-order valence-electron chi connectivity index (χ4n) is 3.63. The molecule has 0 unspecified atom stereocenters. The van der Waals surface area contributed by atoms with Crippen molar-refractivity contribution < 1.29 is 27.1 Å². The van der Waals surface area contributed by atoms with Crippen molar-refractivity contribution in [3.8, 4) is 5.75 Å². The van der Waals surface area contributed by atoms with E-state index in [0.717, 1.165) is 6.07 Å². The van der Waals surface area contributed by atoms with Crippen LogP contribution in [-0.2, 0) is 0 Å². The number of amides is 1. The molecule has 1 aliphatic carbocycles. The Hall–Kier alpha value is -3.43. The maximum absolute atomic E-state index is 13.6. The standard InChI is InChI=1S/C15H15F2N3O2.C7H6F2O/c16-8-2-1-7(5-9(8)17)11-6-12(21)13-10(20-11)3-4-19-14(13)15(18)22;1-10-6-4-2-3-5(8)7(6)9/h3-4,6-9H,1-2,5H2,(H2,18,22)(H,20,21);2-4H,1H3/t7-,8+,9+;/m0./s1. The normalized spacial score (nSPS) is 20.3. The molecule has 10 heteroatoms. The summed E-state index contributed by atoms with van der Waals surface area (Å²) in [7, 11) is 1.29. The van der Waals surface area contributed by atoms with Crippen molar-refractivity contribution in [1.29, 1.82) is 0 Å². The smallest absolute Gasteiger partial charge is 0.268 e. The lowest BCUT2D eigenvalue weighted by molar-refractivity contribution is 0.0997. The van der Waals surface area contributed by atoms with E-state index in [-0.39, 0.29) is 35.6 Å². The molecule has 6 nitrogen and oxygen atoms in total. The van der Waals surface area contributed by atoms with Gasteiger partial charge >= 0.3 is 0 Å². The van der Waals surface area contributed by atoms with Gasteiger partial charge in [0.25, 0.3) is 5.91 Å². The van der Waals surface area contributed by atoms with Crippen molar-refractivity contribution in [2.24, 2.45) is 5.73 Å². The second-order valence-electron chi connectivity index (χ2n) is 7.33. The number of carbonyl (C=O) groups excluding carboxylic acids is 1. The average molecular weight is 451 g/mol. The Labute approximate surface area is 180 Å². The molecule has 32 heavy (non-hydrogen) atoms. The highest BCUT2D eigenvalue weighted by atomic mass is 19.2. The molecule has 0 spiro atoms. The molecule has 3 aromatic rings. The number of pyridine rings is 2. The maximum Gasteiger partial charge on any atom is 0.268 e. The summed E-state index contributed by atoms with van der Waals surface area (Å²) in [6.07, 6.45) is -0.939. The summed E-state index contributed by atoms with van der Waals surface area (Å²) in [4.78, 5) is 30.5. The number of aromatic amines is 1. The molecular formula is C22H21F4N3O3. The van der Waals surface area contributed by atoms with Crippen molar-refractivity contribution in [3.63, 3.8) is 0 Å². The molecule has 2 heterocycles. The number of benzene rings is 1. The van der Waals surface area contributed by atoms with Gasteiger partial charge in [0, 0.05) is 23.9 Å². The van der Waals surface area contributed by atoms with Crippen molar-refractivity contribution in [1.82, 2.24) is 9.97 Å². The molecule has 1 fully saturated rings. The zero-order valence-corrected chi connectivity index (χ0v) is 17.1. The van der Waals surface area contributed by atoms with E-state index in [0.29, 0.717) is 17.6 Å². The largest absolute Gasteiger partial charge is 0.494 e. The number of halogens is 4. The van der Waals surface area contributed by atoms with Crippen molar-refractivity contribution in [2.45, 2.75) is 37.5 Å². The van der Waals surface area contributed by atoms with E-state index >= 15 is 0 Å². The van der Waals surface area contributed by atoms with Gasteiger partial charge in [-0.1, -0.05) is 6.07 Å². The molecule has 0 saturated heterocycles. The van der Waals surface area contributed by atoms with Crippen LogP contribution in [0.15, 0.2) is 41.3 Å². The number of alkyl halides is 2. The van der Waals surface area contributed by atoms with Crippen molar-refractivity contribution in [3.05, 3.63) is 69.8 Å². The molecule has 170 valence electrons. The van der Waals surface area contributed by atoms with Crippen molar-refractivity contribution in [2.75, 3.05) is 7.11 Å². The van der Waals surface area contributed by atoms with Crippen molar-refractivity contribution >= 4 is 16.8 Å². The molecule has 1 amide bonds. The Balaban J connectivity index is 0.000000243. The lowest BCUT2D eigenvalue weighted by atomic mass is 9.84.